The number of pyridine rings is 1. The van der Waals surface area contributed by atoms with E-state index in [4.69, 9.17) is 0 Å². The van der Waals surface area contributed by atoms with Crippen LogP contribution in [0.1, 0.15) is 25.3 Å². The lowest BCUT2D eigenvalue weighted by molar-refractivity contribution is -0.120. The molecule has 0 aliphatic rings. The molecular formula is C12H19N3O. The molecule has 88 valence electrons. The molecule has 0 fully saturated rings. The minimum Gasteiger partial charge on any atom is -0.370 e. The van der Waals surface area contributed by atoms with Gasteiger partial charge in [0.15, 0.2) is 0 Å². The molecule has 0 radical (unpaired) electrons. The number of amides is 1. The molecule has 0 unspecified atom stereocenters. The van der Waals surface area contributed by atoms with E-state index in [9.17, 15) is 4.79 Å². The standard InChI is InChI=1S/C12H19N3O/c1-3-7-14-12(16)6-8-13-11-5-4-10(2)9-15-11/h4-5,9H,3,6-8H2,1-2H3,(H,13,15)(H,14,16). The number of aromatic nitrogens is 1. The van der Waals surface area contributed by atoms with Gasteiger partial charge in [-0.05, 0) is 25.0 Å². The van der Waals surface area contributed by atoms with E-state index in [1.165, 1.54) is 0 Å². The van der Waals surface area contributed by atoms with Gasteiger partial charge < -0.3 is 10.6 Å². The highest BCUT2D eigenvalue weighted by Gasteiger charge is 1.99. The zero-order valence-corrected chi connectivity index (χ0v) is 9.92. The highest BCUT2D eigenvalue weighted by molar-refractivity contribution is 5.76. The molecule has 1 aromatic rings. The molecule has 1 rings (SSSR count). The van der Waals surface area contributed by atoms with Crippen LogP contribution in [0.25, 0.3) is 0 Å². The molecule has 1 aromatic heterocycles. The first-order chi connectivity index (χ1) is 7.72. The number of nitrogens with zero attached hydrogens (tertiary/aromatic N) is 1. The zero-order chi connectivity index (χ0) is 11.8. The van der Waals surface area contributed by atoms with Crippen molar-refractivity contribution in [2.45, 2.75) is 26.7 Å². The second-order valence-electron chi connectivity index (χ2n) is 3.75. The topological polar surface area (TPSA) is 54.0 Å². The number of carbonyl (C=O) groups is 1. The number of hydrogen-bond acceptors (Lipinski definition) is 3. The molecule has 0 aromatic carbocycles. The predicted octanol–water partition coefficient (Wildman–Crippen LogP) is 1.72. The first kappa shape index (κ1) is 12.5. The summed E-state index contributed by atoms with van der Waals surface area (Å²) in [7, 11) is 0. The number of aryl methyl sites for hydroxylation is 1. The van der Waals surface area contributed by atoms with Crippen molar-refractivity contribution in [3.63, 3.8) is 0 Å². The van der Waals surface area contributed by atoms with Crippen LogP contribution in [0.2, 0.25) is 0 Å². The Labute approximate surface area is 96.5 Å². The summed E-state index contributed by atoms with van der Waals surface area (Å²) in [5, 5.41) is 5.94. The van der Waals surface area contributed by atoms with Crippen molar-refractivity contribution in [2.24, 2.45) is 0 Å². The SMILES string of the molecule is CCCNC(=O)CCNc1ccc(C)cn1. The van der Waals surface area contributed by atoms with Gasteiger partial charge in [0.25, 0.3) is 0 Å². The first-order valence-corrected chi connectivity index (χ1v) is 5.65. The van der Waals surface area contributed by atoms with Crippen LogP contribution in [-0.2, 0) is 4.79 Å². The van der Waals surface area contributed by atoms with Gasteiger partial charge in [-0.1, -0.05) is 13.0 Å². The van der Waals surface area contributed by atoms with E-state index in [1.807, 2.05) is 26.0 Å². The van der Waals surface area contributed by atoms with Gasteiger partial charge in [-0.3, -0.25) is 4.79 Å². The molecule has 0 saturated heterocycles. The molecule has 0 saturated carbocycles. The van der Waals surface area contributed by atoms with Crippen molar-refractivity contribution in [1.82, 2.24) is 10.3 Å². The average Bonchev–Trinajstić information content (AvgIpc) is 2.29. The van der Waals surface area contributed by atoms with E-state index in [1.54, 1.807) is 6.20 Å². The third-order valence-corrected chi connectivity index (χ3v) is 2.14. The van der Waals surface area contributed by atoms with Crippen molar-refractivity contribution in [1.29, 1.82) is 0 Å². The molecule has 0 spiro atoms. The highest BCUT2D eigenvalue weighted by atomic mass is 16.1. The van der Waals surface area contributed by atoms with E-state index in [0.29, 0.717) is 13.0 Å². The Morgan fingerprint density at radius 3 is 2.81 bits per heavy atom. The van der Waals surface area contributed by atoms with Gasteiger partial charge in [-0.15, -0.1) is 0 Å². The van der Waals surface area contributed by atoms with Crippen LogP contribution >= 0.6 is 0 Å². The maximum atomic E-state index is 11.3. The molecule has 4 heteroatoms. The smallest absolute Gasteiger partial charge is 0.221 e. The Bertz CT molecular complexity index is 322. The Hall–Kier alpha value is -1.58. The summed E-state index contributed by atoms with van der Waals surface area (Å²) in [6.07, 6.45) is 3.26. The van der Waals surface area contributed by atoms with Crippen molar-refractivity contribution < 1.29 is 4.79 Å². The highest BCUT2D eigenvalue weighted by Crippen LogP contribution is 2.03. The second-order valence-corrected chi connectivity index (χ2v) is 3.75. The van der Waals surface area contributed by atoms with Crippen LogP contribution in [0.4, 0.5) is 5.82 Å². The van der Waals surface area contributed by atoms with Gasteiger partial charge in [-0.2, -0.15) is 0 Å². The Morgan fingerprint density at radius 1 is 1.38 bits per heavy atom. The largest absolute Gasteiger partial charge is 0.370 e. The van der Waals surface area contributed by atoms with Gasteiger partial charge >= 0.3 is 0 Å². The minimum absolute atomic E-state index is 0.0847. The lowest BCUT2D eigenvalue weighted by atomic mass is 10.3. The van der Waals surface area contributed by atoms with Gasteiger partial charge in [-0.25, -0.2) is 4.98 Å². The second kappa shape index (κ2) is 6.82. The van der Waals surface area contributed by atoms with Crippen molar-refractivity contribution in [3.8, 4) is 0 Å². The molecule has 0 aliphatic carbocycles. The summed E-state index contributed by atoms with van der Waals surface area (Å²) in [5.41, 5.74) is 1.13. The van der Waals surface area contributed by atoms with Crippen molar-refractivity contribution in [3.05, 3.63) is 23.9 Å². The first-order valence-electron chi connectivity index (χ1n) is 5.65. The molecule has 1 amide bonds. The molecule has 0 atom stereocenters. The van der Waals surface area contributed by atoms with Gasteiger partial charge in [0.1, 0.15) is 5.82 Å². The maximum absolute atomic E-state index is 11.3. The Kier molecular flexibility index (Phi) is 5.32. The molecule has 4 nitrogen and oxygen atoms in total. The number of nitrogens with one attached hydrogen (secondary N) is 2. The molecular weight excluding hydrogens is 202 g/mol. The fourth-order valence-corrected chi connectivity index (χ4v) is 1.23. The number of anilines is 1. The summed E-state index contributed by atoms with van der Waals surface area (Å²) in [6.45, 7) is 5.40. The molecule has 1 heterocycles. The summed E-state index contributed by atoms with van der Waals surface area (Å²) in [5.74, 6) is 0.898. The van der Waals surface area contributed by atoms with Crippen LogP contribution < -0.4 is 10.6 Å². The van der Waals surface area contributed by atoms with Gasteiger partial charge in [0.05, 0.1) is 0 Å². The van der Waals surface area contributed by atoms with Gasteiger partial charge in [0.2, 0.25) is 5.91 Å². The van der Waals surface area contributed by atoms with Gasteiger partial charge in [0, 0.05) is 25.7 Å². The quantitative estimate of drug-likeness (QED) is 0.769. The van der Waals surface area contributed by atoms with Crippen LogP contribution in [0.3, 0.4) is 0 Å². The van der Waals surface area contributed by atoms with Crippen LogP contribution in [0.15, 0.2) is 18.3 Å². The Balaban J connectivity index is 2.20. The number of carbonyl (C=O) groups excluding carboxylic acids is 1. The van der Waals surface area contributed by atoms with E-state index in [-0.39, 0.29) is 5.91 Å². The predicted molar refractivity (Wildman–Crippen MR) is 65.4 cm³/mol. The summed E-state index contributed by atoms with van der Waals surface area (Å²) in [4.78, 5) is 15.5. The van der Waals surface area contributed by atoms with E-state index < -0.39 is 0 Å². The van der Waals surface area contributed by atoms with Crippen LogP contribution in [0.5, 0.6) is 0 Å². The third kappa shape index (κ3) is 4.77. The molecule has 0 aliphatic heterocycles. The third-order valence-electron chi connectivity index (χ3n) is 2.14. The van der Waals surface area contributed by atoms with Crippen molar-refractivity contribution in [2.75, 3.05) is 18.4 Å². The number of rotatable bonds is 6. The average molecular weight is 221 g/mol. The molecule has 2 N–H and O–H groups in total. The maximum Gasteiger partial charge on any atom is 0.221 e. The van der Waals surface area contributed by atoms with Crippen molar-refractivity contribution >= 4 is 11.7 Å². The Morgan fingerprint density at radius 2 is 2.19 bits per heavy atom. The monoisotopic (exact) mass is 221 g/mol. The summed E-state index contributed by atoms with van der Waals surface area (Å²) >= 11 is 0. The van der Waals surface area contributed by atoms with Crippen LogP contribution in [0, 0.1) is 6.92 Å². The minimum atomic E-state index is 0.0847. The zero-order valence-electron chi connectivity index (χ0n) is 9.92. The molecule has 0 bridgehead atoms. The van der Waals surface area contributed by atoms with E-state index in [0.717, 1.165) is 24.3 Å². The molecule has 16 heavy (non-hydrogen) atoms. The fourth-order valence-electron chi connectivity index (χ4n) is 1.23. The number of hydrogen-bond donors (Lipinski definition) is 2. The lowest BCUT2D eigenvalue weighted by Gasteiger charge is -2.06. The normalized spacial score (nSPS) is 9.88. The van der Waals surface area contributed by atoms with Crippen LogP contribution in [-0.4, -0.2) is 24.0 Å². The van der Waals surface area contributed by atoms with E-state index in [2.05, 4.69) is 15.6 Å². The lowest BCUT2D eigenvalue weighted by Crippen LogP contribution is -2.25. The fraction of sp³-hybridized carbons (Fsp3) is 0.500. The summed E-state index contributed by atoms with van der Waals surface area (Å²) < 4.78 is 0. The van der Waals surface area contributed by atoms with E-state index >= 15 is 0 Å². The summed E-state index contributed by atoms with van der Waals surface area (Å²) in [6, 6.07) is 3.91.